The van der Waals surface area contributed by atoms with Crippen LogP contribution in [0.4, 0.5) is 5.69 Å². The Balaban J connectivity index is 1.56. The molecule has 4 rings (SSSR count). The highest BCUT2D eigenvalue weighted by Crippen LogP contribution is 2.26. The fraction of sp³-hybridized carbons (Fsp3) is 0.333. The van der Waals surface area contributed by atoms with Crippen LogP contribution in [0.3, 0.4) is 0 Å². The lowest BCUT2D eigenvalue weighted by molar-refractivity contribution is -0.384. The van der Waals surface area contributed by atoms with E-state index in [-0.39, 0.29) is 10.6 Å². The number of fused-ring (bicyclic) bond motifs is 1. The SMILES string of the molecule is O=[N+]([O-])c1cccc(Cc2nc3ccccc3nc2SCCN2CCOCC2)c1. The third kappa shape index (κ3) is 5.09. The fourth-order valence-corrected chi connectivity index (χ4v) is 4.31. The molecule has 0 saturated carbocycles. The van der Waals surface area contributed by atoms with E-state index in [1.807, 2.05) is 30.3 Å². The van der Waals surface area contributed by atoms with Crippen molar-refractivity contribution in [3.63, 3.8) is 0 Å². The summed E-state index contributed by atoms with van der Waals surface area (Å²) in [6, 6.07) is 14.5. The predicted octanol–water partition coefficient (Wildman–Crippen LogP) is 3.55. The maximum absolute atomic E-state index is 11.1. The van der Waals surface area contributed by atoms with Crippen molar-refractivity contribution in [1.29, 1.82) is 0 Å². The predicted molar refractivity (Wildman–Crippen MR) is 113 cm³/mol. The van der Waals surface area contributed by atoms with Crippen molar-refractivity contribution in [1.82, 2.24) is 14.9 Å². The summed E-state index contributed by atoms with van der Waals surface area (Å²) in [5.41, 5.74) is 3.52. The lowest BCUT2D eigenvalue weighted by Gasteiger charge is -2.26. The molecule has 0 bridgehead atoms. The third-order valence-electron chi connectivity index (χ3n) is 4.85. The molecule has 1 fully saturated rings. The zero-order valence-electron chi connectivity index (χ0n) is 16.0. The van der Waals surface area contributed by atoms with Gasteiger partial charge in [0.25, 0.3) is 5.69 Å². The number of rotatable bonds is 7. The third-order valence-corrected chi connectivity index (χ3v) is 5.84. The molecule has 3 aromatic rings. The van der Waals surface area contributed by atoms with E-state index >= 15 is 0 Å². The van der Waals surface area contributed by atoms with Crippen LogP contribution in [-0.2, 0) is 11.2 Å². The van der Waals surface area contributed by atoms with Crippen molar-refractivity contribution in [3.05, 3.63) is 69.9 Å². The number of aromatic nitrogens is 2. The summed E-state index contributed by atoms with van der Waals surface area (Å²) in [6.07, 6.45) is 0.513. The molecule has 0 spiro atoms. The number of benzene rings is 2. The zero-order chi connectivity index (χ0) is 20.1. The lowest BCUT2D eigenvalue weighted by atomic mass is 10.1. The molecule has 0 unspecified atom stereocenters. The molecule has 0 aliphatic carbocycles. The van der Waals surface area contributed by atoms with Gasteiger partial charge < -0.3 is 4.74 Å². The van der Waals surface area contributed by atoms with Crippen molar-refractivity contribution < 1.29 is 9.66 Å². The van der Waals surface area contributed by atoms with Crippen LogP contribution in [0.15, 0.2) is 53.6 Å². The van der Waals surface area contributed by atoms with Crippen LogP contribution in [0.5, 0.6) is 0 Å². The Morgan fingerprint density at radius 2 is 1.83 bits per heavy atom. The van der Waals surface area contributed by atoms with Gasteiger partial charge in [-0.25, -0.2) is 9.97 Å². The number of non-ortho nitro benzene ring substituents is 1. The quantitative estimate of drug-likeness (QED) is 0.335. The number of morpholine rings is 1. The van der Waals surface area contributed by atoms with Gasteiger partial charge in [-0.05, 0) is 17.7 Å². The minimum atomic E-state index is -0.367. The van der Waals surface area contributed by atoms with Gasteiger partial charge in [-0.2, -0.15) is 0 Å². The molecule has 1 saturated heterocycles. The Morgan fingerprint density at radius 1 is 1.07 bits per heavy atom. The van der Waals surface area contributed by atoms with E-state index < -0.39 is 0 Å². The van der Waals surface area contributed by atoms with E-state index in [9.17, 15) is 10.1 Å². The first-order valence-electron chi connectivity index (χ1n) is 9.61. The Bertz CT molecular complexity index is 1010. The Hall–Kier alpha value is -2.55. The fourth-order valence-electron chi connectivity index (χ4n) is 3.32. The molecule has 7 nitrogen and oxygen atoms in total. The van der Waals surface area contributed by atoms with E-state index in [1.54, 1.807) is 23.9 Å². The standard InChI is InChI=1S/C21H22N4O3S/c26-25(27)17-5-3-4-16(14-17)15-20-21(23-19-7-2-1-6-18(19)22-20)29-13-10-24-8-11-28-12-9-24/h1-7,14H,8-13,15H2. The first kappa shape index (κ1) is 19.8. The molecular weight excluding hydrogens is 388 g/mol. The van der Waals surface area contributed by atoms with Crippen molar-refractivity contribution >= 4 is 28.5 Å². The Morgan fingerprint density at radius 3 is 2.59 bits per heavy atom. The second-order valence-electron chi connectivity index (χ2n) is 6.87. The van der Waals surface area contributed by atoms with E-state index in [0.29, 0.717) is 6.42 Å². The van der Waals surface area contributed by atoms with E-state index in [1.165, 1.54) is 6.07 Å². The summed E-state index contributed by atoms with van der Waals surface area (Å²) in [5, 5.41) is 12.0. The number of thioether (sulfide) groups is 1. The molecule has 2 aromatic carbocycles. The Kier molecular flexibility index (Phi) is 6.33. The highest BCUT2D eigenvalue weighted by molar-refractivity contribution is 7.99. The summed E-state index contributed by atoms with van der Waals surface area (Å²) in [7, 11) is 0. The molecule has 0 N–H and O–H groups in total. The first-order chi connectivity index (χ1) is 14.2. The van der Waals surface area contributed by atoms with Gasteiger partial charge in [-0.3, -0.25) is 15.0 Å². The van der Waals surface area contributed by atoms with Gasteiger partial charge in [0.1, 0.15) is 5.03 Å². The minimum Gasteiger partial charge on any atom is -0.379 e. The van der Waals surface area contributed by atoms with E-state index in [4.69, 9.17) is 14.7 Å². The maximum Gasteiger partial charge on any atom is 0.269 e. The minimum absolute atomic E-state index is 0.0952. The number of nitro benzene ring substituents is 1. The number of hydrogen-bond donors (Lipinski definition) is 0. The normalized spacial score (nSPS) is 14.9. The molecule has 1 aliphatic heterocycles. The van der Waals surface area contributed by atoms with Gasteiger partial charge in [0.15, 0.2) is 0 Å². The number of para-hydroxylation sites is 2. The molecule has 8 heteroatoms. The molecule has 0 atom stereocenters. The van der Waals surface area contributed by atoms with Gasteiger partial charge in [0.2, 0.25) is 0 Å². The number of hydrogen-bond acceptors (Lipinski definition) is 7. The second-order valence-corrected chi connectivity index (χ2v) is 7.95. The van der Waals surface area contributed by atoms with Crippen molar-refractivity contribution in [2.45, 2.75) is 11.4 Å². The van der Waals surface area contributed by atoms with Crippen molar-refractivity contribution in [2.75, 3.05) is 38.6 Å². The monoisotopic (exact) mass is 410 g/mol. The van der Waals surface area contributed by atoms with Gasteiger partial charge in [-0.15, -0.1) is 11.8 Å². The van der Waals surface area contributed by atoms with Crippen LogP contribution in [0.25, 0.3) is 11.0 Å². The summed E-state index contributed by atoms with van der Waals surface area (Å²) in [5.74, 6) is 0.912. The van der Waals surface area contributed by atoms with Gasteiger partial charge in [0, 0.05) is 43.9 Å². The van der Waals surface area contributed by atoms with Crippen LogP contribution < -0.4 is 0 Å². The first-order valence-corrected chi connectivity index (χ1v) is 10.6. The van der Waals surface area contributed by atoms with E-state index in [0.717, 1.165) is 65.9 Å². The molecule has 29 heavy (non-hydrogen) atoms. The molecule has 1 aliphatic rings. The molecule has 1 aromatic heterocycles. The molecule has 2 heterocycles. The molecular formula is C21H22N4O3S. The molecule has 150 valence electrons. The highest BCUT2D eigenvalue weighted by atomic mass is 32.2. The van der Waals surface area contributed by atoms with Crippen LogP contribution in [0.1, 0.15) is 11.3 Å². The maximum atomic E-state index is 11.1. The van der Waals surface area contributed by atoms with E-state index in [2.05, 4.69) is 4.90 Å². The summed E-state index contributed by atoms with van der Waals surface area (Å²) >= 11 is 1.70. The van der Waals surface area contributed by atoms with Crippen LogP contribution in [0, 0.1) is 10.1 Å². The number of ether oxygens (including phenoxy) is 1. The average molecular weight is 410 g/mol. The lowest BCUT2D eigenvalue weighted by Crippen LogP contribution is -2.37. The summed E-state index contributed by atoms with van der Waals surface area (Å²) in [4.78, 5) is 22.8. The number of nitrogens with zero attached hydrogens (tertiary/aromatic N) is 4. The largest absolute Gasteiger partial charge is 0.379 e. The smallest absolute Gasteiger partial charge is 0.269 e. The second kappa shape index (κ2) is 9.30. The van der Waals surface area contributed by atoms with Crippen molar-refractivity contribution in [2.24, 2.45) is 0 Å². The van der Waals surface area contributed by atoms with Crippen LogP contribution in [-0.4, -0.2) is 58.4 Å². The van der Waals surface area contributed by atoms with Gasteiger partial charge >= 0.3 is 0 Å². The molecule has 0 radical (unpaired) electrons. The topological polar surface area (TPSA) is 81.4 Å². The van der Waals surface area contributed by atoms with Crippen LogP contribution in [0.2, 0.25) is 0 Å². The summed E-state index contributed by atoms with van der Waals surface area (Å²) < 4.78 is 5.41. The van der Waals surface area contributed by atoms with Gasteiger partial charge in [0.05, 0.1) is 34.9 Å². The zero-order valence-corrected chi connectivity index (χ0v) is 16.8. The van der Waals surface area contributed by atoms with Crippen molar-refractivity contribution in [3.8, 4) is 0 Å². The summed E-state index contributed by atoms with van der Waals surface area (Å²) in [6.45, 7) is 4.48. The Labute approximate surface area is 173 Å². The highest BCUT2D eigenvalue weighted by Gasteiger charge is 2.14. The molecule has 0 amide bonds. The number of nitro groups is 1. The van der Waals surface area contributed by atoms with Crippen LogP contribution >= 0.6 is 11.8 Å². The average Bonchev–Trinajstić information content (AvgIpc) is 2.75. The van der Waals surface area contributed by atoms with Gasteiger partial charge in [-0.1, -0.05) is 24.3 Å².